The molecule has 1 heterocycles. The van der Waals surface area contributed by atoms with E-state index in [1.807, 2.05) is 20.8 Å². The number of aromatic nitrogens is 3. The number of nitrogens with two attached hydrogens (primary N) is 1. The first-order valence-electron chi connectivity index (χ1n) is 7.02. The van der Waals surface area contributed by atoms with Crippen LogP contribution < -0.4 is 16.6 Å². The van der Waals surface area contributed by atoms with E-state index in [0.717, 1.165) is 11.8 Å². The van der Waals surface area contributed by atoms with Gasteiger partial charge in [0.2, 0.25) is 5.91 Å². The summed E-state index contributed by atoms with van der Waals surface area (Å²) in [6.07, 6.45) is 0. The minimum Gasteiger partial charge on any atom is -0.398 e. The van der Waals surface area contributed by atoms with Gasteiger partial charge in [0.15, 0.2) is 10.9 Å². The Labute approximate surface area is 138 Å². The molecule has 0 fully saturated rings. The Morgan fingerprint density at radius 1 is 1.30 bits per heavy atom. The zero-order valence-electron chi connectivity index (χ0n) is 13.2. The predicted molar refractivity (Wildman–Crippen MR) is 91.1 cm³/mol. The summed E-state index contributed by atoms with van der Waals surface area (Å²) in [5, 5.41) is 11.0. The summed E-state index contributed by atoms with van der Waals surface area (Å²) in [7, 11) is 0. The van der Waals surface area contributed by atoms with Crippen LogP contribution >= 0.6 is 11.8 Å². The number of nitrogen functional groups attached to an aromatic ring is 1. The minimum atomic E-state index is -0.392. The lowest BCUT2D eigenvalue weighted by Gasteiger charge is -2.20. The van der Waals surface area contributed by atoms with Gasteiger partial charge < -0.3 is 11.1 Å². The molecule has 8 heteroatoms. The van der Waals surface area contributed by atoms with Gasteiger partial charge in [-0.1, -0.05) is 30.0 Å². The van der Waals surface area contributed by atoms with Gasteiger partial charge in [-0.05, 0) is 26.8 Å². The molecule has 0 radical (unpaired) electrons. The van der Waals surface area contributed by atoms with Gasteiger partial charge >= 0.3 is 0 Å². The van der Waals surface area contributed by atoms with Crippen LogP contribution in [0.25, 0.3) is 11.3 Å². The zero-order valence-corrected chi connectivity index (χ0v) is 14.0. The van der Waals surface area contributed by atoms with Crippen molar-refractivity contribution in [2.24, 2.45) is 0 Å². The van der Waals surface area contributed by atoms with E-state index >= 15 is 0 Å². The summed E-state index contributed by atoms with van der Waals surface area (Å²) in [5.74, 6) is 0.0101. The maximum absolute atomic E-state index is 12.1. The molecule has 23 heavy (non-hydrogen) atoms. The molecule has 0 saturated carbocycles. The van der Waals surface area contributed by atoms with Crippen molar-refractivity contribution in [3.8, 4) is 11.3 Å². The number of nitrogens with zero attached hydrogens (tertiary/aromatic N) is 2. The van der Waals surface area contributed by atoms with Crippen LogP contribution in [0.5, 0.6) is 0 Å². The third-order valence-electron chi connectivity index (χ3n) is 2.75. The van der Waals surface area contributed by atoms with Gasteiger partial charge in [-0.25, -0.2) is 0 Å². The molecular weight excluding hydrogens is 314 g/mol. The molecule has 122 valence electrons. The highest BCUT2D eigenvalue weighted by molar-refractivity contribution is 7.99. The van der Waals surface area contributed by atoms with Crippen molar-refractivity contribution < 1.29 is 4.79 Å². The normalized spacial score (nSPS) is 11.3. The van der Waals surface area contributed by atoms with E-state index in [9.17, 15) is 9.59 Å². The van der Waals surface area contributed by atoms with Gasteiger partial charge in [-0.15, -0.1) is 10.2 Å². The van der Waals surface area contributed by atoms with E-state index in [4.69, 9.17) is 5.73 Å². The van der Waals surface area contributed by atoms with Gasteiger partial charge in [0, 0.05) is 16.8 Å². The summed E-state index contributed by atoms with van der Waals surface area (Å²) in [6, 6.07) is 6.94. The number of hydrogen-bond acceptors (Lipinski definition) is 6. The Balaban J connectivity index is 2.10. The van der Waals surface area contributed by atoms with E-state index in [0.29, 0.717) is 11.3 Å². The molecule has 1 aromatic heterocycles. The Kier molecular flexibility index (Phi) is 5.05. The molecule has 0 unspecified atom stereocenters. The van der Waals surface area contributed by atoms with E-state index in [1.54, 1.807) is 24.3 Å². The molecule has 1 amide bonds. The maximum Gasteiger partial charge on any atom is 0.278 e. The second kappa shape index (κ2) is 6.82. The Hall–Kier alpha value is -2.35. The van der Waals surface area contributed by atoms with Crippen LogP contribution in [0.1, 0.15) is 20.8 Å². The molecule has 0 aliphatic rings. The SMILES string of the molecule is CC(C)(C)NC(=O)CSc1nnc(-c2ccccc2N)c(=O)[nH]1. The Morgan fingerprint density at radius 3 is 2.61 bits per heavy atom. The molecule has 0 aliphatic carbocycles. The molecule has 0 bridgehead atoms. The number of hydrogen-bond donors (Lipinski definition) is 3. The average molecular weight is 333 g/mol. The van der Waals surface area contributed by atoms with Gasteiger partial charge in [0.05, 0.1) is 5.75 Å². The van der Waals surface area contributed by atoms with Crippen LogP contribution in [0.2, 0.25) is 0 Å². The fraction of sp³-hybridized carbons (Fsp3) is 0.333. The van der Waals surface area contributed by atoms with Gasteiger partial charge in [0.25, 0.3) is 5.56 Å². The standard InChI is InChI=1S/C15H19N5O2S/c1-15(2,3)18-11(21)8-23-14-17-13(22)12(19-20-14)9-6-4-5-7-10(9)16/h4-7H,8,16H2,1-3H3,(H,18,21)(H,17,20,22). The van der Waals surface area contributed by atoms with E-state index < -0.39 is 5.56 Å². The lowest BCUT2D eigenvalue weighted by Crippen LogP contribution is -2.41. The second-order valence-corrected chi connectivity index (χ2v) is 6.95. The fourth-order valence-corrected chi connectivity index (χ4v) is 2.47. The molecule has 0 atom stereocenters. The monoisotopic (exact) mass is 333 g/mol. The smallest absolute Gasteiger partial charge is 0.278 e. The van der Waals surface area contributed by atoms with Gasteiger partial charge in [-0.3, -0.25) is 14.6 Å². The summed E-state index contributed by atoms with van der Waals surface area (Å²) >= 11 is 1.12. The van der Waals surface area contributed by atoms with Crippen molar-refractivity contribution in [2.45, 2.75) is 31.5 Å². The van der Waals surface area contributed by atoms with Crippen LogP contribution in [0.15, 0.2) is 34.2 Å². The summed E-state index contributed by atoms with van der Waals surface area (Å²) in [5.41, 5.74) is 6.29. The summed E-state index contributed by atoms with van der Waals surface area (Å²) < 4.78 is 0. The van der Waals surface area contributed by atoms with Crippen molar-refractivity contribution in [3.05, 3.63) is 34.6 Å². The number of aromatic amines is 1. The average Bonchev–Trinajstić information content (AvgIpc) is 2.44. The molecule has 4 N–H and O–H groups in total. The number of anilines is 1. The molecule has 7 nitrogen and oxygen atoms in total. The van der Waals surface area contributed by atoms with Crippen LogP contribution in [0.3, 0.4) is 0 Å². The van der Waals surface area contributed by atoms with Crippen LogP contribution in [-0.2, 0) is 4.79 Å². The van der Waals surface area contributed by atoms with Crippen molar-refractivity contribution in [2.75, 3.05) is 11.5 Å². The highest BCUT2D eigenvalue weighted by Gasteiger charge is 2.15. The highest BCUT2D eigenvalue weighted by atomic mass is 32.2. The summed E-state index contributed by atoms with van der Waals surface area (Å²) in [6.45, 7) is 5.70. The molecule has 0 spiro atoms. The minimum absolute atomic E-state index is 0.137. The fourth-order valence-electron chi connectivity index (χ4n) is 1.86. The lowest BCUT2D eigenvalue weighted by molar-refractivity contribution is -0.119. The lowest BCUT2D eigenvalue weighted by atomic mass is 10.1. The number of carbonyl (C=O) groups excluding carboxylic acids is 1. The third-order valence-corrected chi connectivity index (χ3v) is 3.61. The molecule has 0 aliphatic heterocycles. The van der Waals surface area contributed by atoms with Gasteiger partial charge in [0.1, 0.15) is 0 Å². The topological polar surface area (TPSA) is 114 Å². The second-order valence-electron chi connectivity index (χ2n) is 5.98. The Bertz CT molecular complexity index is 767. The number of carbonyl (C=O) groups is 1. The highest BCUT2D eigenvalue weighted by Crippen LogP contribution is 2.20. The summed E-state index contributed by atoms with van der Waals surface area (Å²) in [4.78, 5) is 26.5. The molecule has 1 aromatic carbocycles. The van der Waals surface area contributed by atoms with Crippen LogP contribution in [0, 0.1) is 0 Å². The molecule has 2 aromatic rings. The van der Waals surface area contributed by atoms with Crippen molar-refractivity contribution >= 4 is 23.4 Å². The largest absolute Gasteiger partial charge is 0.398 e. The molecule has 0 saturated heterocycles. The zero-order chi connectivity index (χ0) is 17.0. The van der Waals surface area contributed by atoms with Crippen molar-refractivity contribution in [3.63, 3.8) is 0 Å². The third kappa shape index (κ3) is 4.82. The first-order chi connectivity index (χ1) is 10.8. The number of thioether (sulfide) groups is 1. The molecule has 2 rings (SSSR count). The van der Waals surface area contributed by atoms with E-state index in [2.05, 4.69) is 20.5 Å². The number of nitrogens with one attached hydrogen (secondary N) is 2. The van der Waals surface area contributed by atoms with Crippen molar-refractivity contribution in [1.82, 2.24) is 20.5 Å². The number of para-hydroxylation sites is 1. The Morgan fingerprint density at radius 2 is 2.00 bits per heavy atom. The first-order valence-corrected chi connectivity index (χ1v) is 8.00. The van der Waals surface area contributed by atoms with Crippen molar-refractivity contribution in [1.29, 1.82) is 0 Å². The van der Waals surface area contributed by atoms with Crippen LogP contribution in [-0.4, -0.2) is 32.4 Å². The van der Waals surface area contributed by atoms with E-state index in [1.165, 1.54) is 0 Å². The quantitative estimate of drug-likeness (QED) is 0.576. The molecular formula is C15H19N5O2S. The number of amides is 1. The number of benzene rings is 1. The predicted octanol–water partition coefficient (Wildman–Crippen LogP) is 1.42. The number of rotatable bonds is 4. The van der Waals surface area contributed by atoms with Gasteiger partial charge in [-0.2, -0.15) is 0 Å². The van der Waals surface area contributed by atoms with Crippen LogP contribution in [0.4, 0.5) is 5.69 Å². The number of H-pyrrole nitrogens is 1. The van der Waals surface area contributed by atoms with E-state index in [-0.39, 0.29) is 28.0 Å². The first kappa shape index (κ1) is 17.0. The maximum atomic E-state index is 12.1.